The highest BCUT2D eigenvalue weighted by atomic mass is 35.5. The van der Waals surface area contributed by atoms with Crippen LogP contribution >= 0.6 is 11.6 Å². The first kappa shape index (κ1) is 20.2. The molecular formula is C18H21ClN2O4S. The summed E-state index contributed by atoms with van der Waals surface area (Å²) in [4.78, 5) is 12.0. The fraction of sp³-hybridized carbons (Fsp3) is 0.278. The molecule has 0 fully saturated rings. The number of anilines is 1. The fourth-order valence-corrected chi connectivity index (χ4v) is 2.70. The van der Waals surface area contributed by atoms with Crippen LogP contribution in [0.4, 0.5) is 5.69 Å². The average molecular weight is 397 g/mol. The van der Waals surface area contributed by atoms with Gasteiger partial charge in [-0.25, -0.2) is 12.7 Å². The molecule has 0 aliphatic rings. The summed E-state index contributed by atoms with van der Waals surface area (Å²) in [6.07, 6.45) is 1.16. The van der Waals surface area contributed by atoms with E-state index < -0.39 is 10.0 Å². The second-order valence-corrected chi connectivity index (χ2v) is 8.41. The molecule has 0 saturated carbocycles. The normalized spacial score (nSPS) is 11.4. The third-order valence-electron chi connectivity index (χ3n) is 3.81. The van der Waals surface area contributed by atoms with Gasteiger partial charge in [-0.05, 0) is 42.3 Å². The van der Waals surface area contributed by atoms with E-state index in [1.165, 1.54) is 11.4 Å². The zero-order valence-corrected chi connectivity index (χ0v) is 16.4. The quantitative estimate of drug-likeness (QED) is 0.780. The van der Waals surface area contributed by atoms with Crippen LogP contribution in [0.25, 0.3) is 0 Å². The number of nitrogens with zero attached hydrogens (tertiary/aromatic N) is 1. The van der Waals surface area contributed by atoms with Gasteiger partial charge in [-0.15, -0.1) is 0 Å². The van der Waals surface area contributed by atoms with Crippen molar-refractivity contribution in [2.75, 3.05) is 25.2 Å². The summed E-state index contributed by atoms with van der Waals surface area (Å²) in [5.74, 6) is 0.227. The van der Waals surface area contributed by atoms with E-state index in [1.807, 2.05) is 6.92 Å². The van der Waals surface area contributed by atoms with Crippen molar-refractivity contribution in [1.82, 2.24) is 4.31 Å². The van der Waals surface area contributed by atoms with Gasteiger partial charge in [-0.3, -0.25) is 4.79 Å². The Morgan fingerprint density at radius 1 is 1.19 bits per heavy atom. The first-order valence-electron chi connectivity index (χ1n) is 7.85. The number of carbonyl (C=O) groups excluding carboxylic acids is 1. The van der Waals surface area contributed by atoms with Gasteiger partial charge in [-0.1, -0.05) is 29.8 Å². The van der Waals surface area contributed by atoms with E-state index in [2.05, 4.69) is 5.32 Å². The summed E-state index contributed by atoms with van der Waals surface area (Å²) in [7, 11) is -1.71. The number of hydrogen-bond donors (Lipinski definition) is 1. The molecule has 1 amide bonds. The average Bonchev–Trinajstić information content (AvgIpc) is 2.57. The number of amides is 1. The Balaban J connectivity index is 1.89. The van der Waals surface area contributed by atoms with Gasteiger partial charge in [-0.2, -0.15) is 0 Å². The third-order valence-corrected chi connectivity index (χ3v) is 5.48. The van der Waals surface area contributed by atoms with Gasteiger partial charge in [0.25, 0.3) is 5.91 Å². The Bertz CT molecular complexity index is 883. The molecule has 0 aliphatic heterocycles. The minimum Gasteiger partial charge on any atom is -0.484 e. The molecule has 0 aliphatic carbocycles. The minimum atomic E-state index is -3.23. The molecule has 0 unspecified atom stereocenters. The van der Waals surface area contributed by atoms with Crippen molar-refractivity contribution >= 4 is 33.2 Å². The number of nitrogens with one attached hydrogen (secondary N) is 1. The standard InChI is InChI=1S/C18H21ClN2O4S/c1-13-16(19)5-4-6-17(13)20-18(22)12-25-15-9-7-14(8-10-15)11-21(2)26(3,23)24/h4-10H,11-12H2,1-3H3,(H,20,22). The first-order valence-corrected chi connectivity index (χ1v) is 10.1. The van der Waals surface area contributed by atoms with Crippen LogP contribution in [0.2, 0.25) is 5.02 Å². The maximum Gasteiger partial charge on any atom is 0.262 e. The van der Waals surface area contributed by atoms with Gasteiger partial charge < -0.3 is 10.1 Å². The number of rotatable bonds is 7. The van der Waals surface area contributed by atoms with Crippen molar-refractivity contribution in [3.63, 3.8) is 0 Å². The van der Waals surface area contributed by atoms with E-state index >= 15 is 0 Å². The number of sulfonamides is 1. The van der Waals surface area contributed by atoms with Crippen molar-refractivity contribution < 1.29 is 17.9 Å². The Labute approximate surface area is 158 Å². The minimum absolute atomic E-state index is 0.144. The van der Waals surface area contributed by atoms with Gasteiger partial charge in [0.15, 0.2) is 6.61 Å². The molecule has 2 aromatic rings. The third kappa shape index (κ3) is 5.72. The maximum atomic E-state index is 12.0. The number of hydrogen-bond acceptors (Lipinski definition) is 4. The molecule has 6 nitrogen and oxygen atoms in total. The van der Waals surface area contributed by atoms with Crippen molar-refractivity contribution in [2.45, 2.75) is 13.5 Å². The van der Waals surface area contributed by atoms with Crippen molar-refractivity contribution in [2.24, 2.45) is 0 Å². The van der Waals surface area contributed by atoms with Gasteiger partial charge in [0.05, 0.1) is 6.26 Å². The molecule has 0 atom stereocenters. The van der Waals surface area contributed by atoms with Gasteiger partial charge in [0.1, 0.15) is 5.75 Å². The molecule has 0 heterocycles. The van der Waals surface area contributed by atoms with Gasteiger partial charge in [0, 0.05) is 24.3 Å². The summed E-state index contributed by atoms with van der Waals surface area (Å²) >= 11 is 6.03. The fourth-order valence-electron chi connectivity index (χ4n) is 2.14. The SMILES string of the molecule is Cc1c(Cl)cccc1NC(=O)COc1ccc(CN(C)S(C)(=O)=O)cc1. The van der Waals surface area contributed by atoms with Crippen LogP contribution in [0, 0.1) is 6.92 Å². The number of halogens is 1. The highest BCUT2D eigenvalue weighted by Gasteiger charge is 2.11. The molecular weight excluding hydrogens is 376 g/mol. The molecule has 2 rings (SSSR count). The Hall–Kier alpha value is -2.09. The van der Waals surface area contributed by atoms with Gasteiger partial charge in [0.2, 0.25) is 10.0 Å². The Morgan fingerprint density at radius 3 is 2.46 bits per heavy atom. The van der Waals surface area contributed by atoms with Crippen molar-refractivity contribution in [1.29, 1.82) is 0 Å². The number of benzene rings is 2. The second kappa shape index (κ2) is 8.53. The number of ether oxygens (including phenoxy) is 1. The van der Waals surface area contributed by atoms with E-state index in [0.29, 0.717) is 16.5 Å². The smallest absolute Gasteiger partial charge is 0.262 e. The van der Waals surface area contributed by atoms with Crippen LogP contribution in [0.1, 0.15) is 11.1 Å². The highest BCUT2D eigenvalue weighted by molar-refractivity contribution is 7.88. The molecule has 0 saturated heterocycles. The molecule has 2 aromatic carbocycles. The van der Waals surface area contributed by atoms with Crippen LogP contribution in [-0.2, 0) is 21.4 Å². The van der Waals surface area contributed by atoms with E-state index in [1.54, 1.807) is 42.5 Å². The van der Waals surface area contributed by atoms with Crippen LogP contribution in [0.5, 0.6) is 5.75 Å². The zero-order valence-electron chi connectivity index (χ0n) is 14.8. The highest BCUT2D eigenvalue weighted by Crippen LogP contribution is 2.23. The molecule has 1 N–H and O–H groups in total. The van der Waals surface area contributed by atoms with Crippen LogP contribution in [0.15, 0.2) is 42.5 Å². The second-order valence-electron chi connectivity index (χ2n) is 5.91. The lowest BCUT2D eigenvalue weighted by Crippen LogP contribution is -2.24. The largest absolute Gasteiger partial charge is 0.484 e. The molecule has 8 heteroatoms. The van der Waals surface area contributed by atoms with E-state index in [-0.39, 0.29) is 19.1 Å². The molecule has 26 heavy (non-hydrogen) atoms. The van der Waals surface area contributed by atoms with E-state index in [9.17, 15) is 13.2 Å². The molecule has 0 bridgehead atoms. The van der Waals surface area contributed by atoms with E-state index in [0.717, 1.165) is 17.4 Å². The van der Waals surface area contributed by atoms with Crippen LogP contribution in [0.3, 0.4) is 0 Å². The van der Waals surface area contributed by atoms with Crippen LogP contribution < -0.4 is 10.1 Å². The zero-order chi connectivity index (χ0) is 19.3. The number of carbonyl (C=O) groups is 1. The molecule has 0 aromatic heterocycles. The maximum absolute atomic E-state index is 12.0. The van der Waals surface area contributed by atoms with Crippen LogP contribution in [-0.4, -0.2) is 38.5 Å². The Kier molecular flexibility index (Phi) is 6.63. The monoisotopic (exact) mass is 396 g/mol. The Morgan fingerprint density at radius 2 is 1.85 bits per heavy atom. The molecule has 0 radical (unpaired) electrons. The lowest BCUT2D eigenvalue weighted by Gasteiger charge is -2.14. The summed E-state index contributed by atoms with van der Waals surface area (Å²) in [6.45, 7) is 1.95. The summed E-state index contributed by atoms with van der Waals surface area (Å²) in [5, 5.41) is 3.34. The van der Waals surface area contributed by atoms with Crippen molar-refractivity contribution in [3.05, 3.63) is 58.6 Å². The summed E-state index contributed by atoms with van der Waals surface area (Å²) in [5.41, 5.74) is 2.26. The lowest BCUT2D eigenvalue weighted by atomic mass is 10.2. The molecule has 0 spiro atoms. The summed E-state index contributed by atoms with van der Waals surface area (Å²) < 4.78 is 29.6. The predicted octanol–water partition coefficient (Wildman–Crippen LogP) is 3.06. The first-order chi connectivity index (χ1) is 12.2. The lowest BCUT2D eigenvalue weighted by molar-refractivity contribution is -0.118. The van der Waals surface area contributed by atoms with E-state index in [4.69, 9.17) is 16.3 Å². The van der Waals surface area contributed by atoms with Gasteiger partial charge >= 0.3 is 0 Å². The summed E-state index contributed by atoms with van der Waals surface area (Å²) in [6, 6.07) is 12.2. The molecule has 140 valence electrons. The topological polar surface area (TPSA) is 75.7 Å². The predicted molar refractivity (Wildman–Crippen MR) is 103 cm³/mol. The van der Waals surface area contributed by atoms with Crippen molar-refractivity contribution in [3.8, 4) is 5.75 Å².